The zero-order valence-corrected chi connectivity index (χ0v) is 18.2. The fourth-order valence-corrected chi connectivity index (χ4v) is 4.55. The first-order chi connectivity index (χ1) is 13.6. The van der Waals surface area contributed by atoms with E-state index in [0.717, 1.165) is 16.7 Å². The van der Waals surface area contributed by atoms with E-state index in [1.165, 1.54) is 0 Å². The molecule has 7 heteroatoms. The molecule has 2 N–H and O–H groups in total. The molecule has 29 heavy (non-hydrogen) atoms. The second-order valence-corrected chi connectivity index (χ2v) is 10.2. The maximum Gasteiger partial charge on any atom is 0.254 e. The van der Waals surface area contributed by atoms with Gasteiger partial charge in [-0.25, -0.2) is 8.42 Å². The lowest BCUT2D eigenvalue weighted by Gasteiger charge is -2.19. The Hall–Kier alpha value is -2.51. The van der Waals surface area contributed by atoms with Gasteiger partial charge in [-0.3, -0.25) is 4.57 Å². The van der Waals surface area contributed by atoms with E-state index in [2.05, 4.69) is 31.0 Å². The number of nitrogens with two attached hydrogens (primary N) is 1. The summed E-state index contributed by atoms with van der Waals surface area (Å²) in [5.41, 5.74) is 9.39. The van der Waals surface area contributed by atoms with Crippen molar-refractivity contribution >= 4 is 9.84 Å². The molecule has 0 amide bonds. The third-order valence-electron chi connectivity index (χ3n) is 4.82. The Balaban J connectivity index is 1.99. The van der Waals surface area contributed by atoms with Crippen molar-refractivity contribution < 1.29 is 8.42 Å². The van der Waals surface area contributed by atoms with Crippen molar-refractivity contribution in [1.82, 2.24) is 14.8 Å². The third kappa shape index (κ3) is 4.74. The van der Waals surface area contributed by atoms with Gasteiger partial charge in [-0.1, -0.05) is 62.7 Å². The molecule has 0 saturated carbocycles. The molecule has 3 rings (SSSR count). The van der Waals surface area contributed by atoms with Crippen LogP contribution in [0.5, 0.6) is 0 Å². The summed E-state index contributed by atoms with van der Waals surface area (Å²) in [7, 11) is -3.70. The van der Waals surface area contributed by atoms with Gasteiger partial charge in [0, 0.05) is 12.1 Å². The molecule has 0 bridgehead atoms. The Kier molecular flexibility index (Phi) is 5.91. The summed E-state index contributed by atoms with van der Waals surface area (Å²) >= 11 is 0. The average molecular weight is 413 g/mol. The number of hydrogen-bond acceptors (Lipinski definition) is 5. The lowest BCUT2D eigenvalue weighted by molar-refractivity contribution is 0.581. The van der Waals surface area contributed by atoms with Crippen LogP contribution in [0.25, 0.3) is 5.69 Å². The van der Waals surface area contributed by atoms with Gasteiger partial charge in [0.05, 0.1) is 5.75 Å². The van der Waals surface area contributed by atoms with Crippen LogP contribution in [0.2, 0.25) is 0 Å². The number of rotatable bonds is 6. The molecule has 0 saturated heterocycles. The minimum Gasteiger partial charge on any atom is -0.330 e. The minimum atomic E-state index is -3.70. The van der Waals surface area contributed by atoms with Gasteiger partial charge in [0.25, 0.3) is 5.16 Å². The molecule has 0 unspecified atom stereocenters. The Morgan fingerprint density at radius 1 is 0.966 bits per heavy atom. The van der Waals surface area contributed by atoms with Gasteiger partial charge < -0.3 is 5.73 Å². The van der Waals surface area contributed by atoms with Crippen molar-refractivity contribution in [2.45, 2.75) is 50.4 Å². The number of aromatic nitrogens is 3. The largest absolute Gasteiger partial charge is 0.330 e. The first kappa shape index (κ1) is 21.2. The molecular formula is C22H28N4O2S. The number of hydrogen-bond donors (Lipinski definition) is 1. The topological polar surface area (TPSA) is 90.9 Å². The van der Waals surface area contributed by atoms with Crippen molar-refractivity contribution in [2.75, 3.05) is 6.54 Å². The fourth-order valence-electron chi connectivity index (χ4n) is 3.13. The highest BCUT2D eigenvalue weighted by Gasteiger charge is 2.26. The summed E-state index contributed by atoms with van der Waals surface area (Å²) in [6, 6.07) is 15.3. The van der Waals surface area contributed by atoms with Crippen molar-refractivity contribution in [3.05, 3.63) is 71.0 Å². The van der Waals surface area contributed by atoms with E-state index in [1.807, 2.05) is 55.5 Å². The molecule has 0 atom stereocenters. The Labute approximate surface area is 172 Å². The van der Waals surface area contributed by atoms with Crippen LogP contribution >= 0.6 is 0 Å². The summed E-state index contributed by atoms with van der Waals surface area (Å²) in [5.74, 6) is 0.405. The molecule has 0 aliphatic carbocycles. The molecule has 0 radical (unpaired) electrons. The van der Waals surface area contributed by atoms with Crippen LogP contribution in [0.1, 0.15) is 43.3 Å². The molecular weight excluding hydrogens is 384 g/mol. The number of aryl methyl sites for hydroxylation is 1. The van der Waals surface area contributed by atoms with Gasteiger partial charge in [-0.05, 0) is 42.1 Å². The van der Waals surface area contributed by atoms with Crippen LogP contribution in [-0.2, 0) is 27.4 Å². The number of sulfone groups is 1. The Morgan fingerprint density at radius 2 is 1.59 bits per heavy atom. The van der Waals surface area contributed by atoms with Crippen LogP contribution < -0.4 is 5.73 Å². The summed E-state index contributed by atoms with van der Waals surface area (Å²) in [6.45, 7) is 8.72. The first-order valence-corrected chi connectivity index (χ1v) is 11.3. The van der Waals surface area contributed by atoms with Gasteiger partial charge in [-0.2, -0.15) is 0 Å². The quantitative estimate of drug-likeness (QED) is 0.670. The van der Waals surface area contributed by atoms with E-state index in [4.69, 9.17) is 5.73 Å². The molecule has 1 aromatic heterocycles. The summed E-state index contributed by atoms with van der Waals surface area (Å²) in [5, 5.41) is 8.09. The summed E-state index contributed by atoms with van der Waals surface area (Å²) < 4.78 is 28.0. The molecule has 2 aromatic carbocycles. The van der Waals surface area contributed by atoms with Crippen LogP contribution in [0.3, 0.4) is 0 Å². The molecule has 0 fully saturated rings. The van der Waals surface area contributed by atoms with Crippen LogP contribution in [-0.4, -0.2) is 29.7 Å². The molecule has 154 valence electrons. The minimum absolute atomic E-state index is 0.0140. The zero-order chi connectivity index (χ0) is 21.2. The van der Waals surface area contributed by atoms with Gasteiger partial charge in [-0.15, -0.1) is 10.2 Å². The van der Waals surface area contributed by atoms with E-state index >= 15 is 0 Å². The normalized spacial score (nSPS) is 12.3. The summed E-state index contributed by atoms with van der Waals surface area (Å²) in [6.07, 6.45) is 0.441. The maximum atomic E-state index is 13.2. The third-order valence-corrected chi connectivity index (χ3v) is 6.35. The lowest BCUT2D eigenvalue weighted by atomic mass is 9.87. The van der Waals surface area contributed by atoms with Gasteiger partial charge in [0.2, 0.25) is 9.84 Å². The average Bonchev–Trinajstić information content (AvgIpc) is 3.07. The lowest BCUT2D eigenvalue weighted by Crippen LogP contribution is -2.15. The van der Waals surface area contributed by atoms with Crippen molar-refractivity contribution in [3.63, 3.8) is 0 Å². The van der Waals surface area contributed by atoms with E-state index in [1.54, 1.807) is 4.57 Å². The van der Waals surface area contributed by atoms with Crippen LogP contribution in [0.15, 0.2) is 53.7 Å². The predicted molar refractivity (Wildman–Crippen MR) is 115 cm³/mol. The van der Waals surface area contributed by atoms with Crippen LogP contribution in [0, 0.1) is 6.92 Å². The molecule has 3 aromatic rings. The molecule has 6 nitrogen and oxygen atoms in total. The number of benzene rings is 2. The van der Waals surface area contributed by atoms with Gasteiger partial charge in [0.1, 0.15) is 5.82 Å². The monoisotopic (exact) mass is 412 g/mol. The highest BCUT2D eigenvalue weighted by molar-refractivity contribution is 7.90. The number of nitrogens with zero attached hydrogens (tertiary/aromatic N) is 3. The fraction of sp³-hybridized carbons (Fsp3) is 0.364. The van der Waals surface area contributed by atoms with Gasteiger partial charge >= 0.3 is 0 Å². The van der Waals surface area contributed by atoms with Crippen molar-refractivity contribution in [2.24, 2.45) is 5.73 Å². The Morgan fingerprint density at radius 3 is 2.14 bits per heavy atom. The first-order valence-electron chi connectivity index (χ1n) is 9.65. The molecule has 0 aliphatic heterocycles. The van der Waals surface area contributed by atoms with E-state index in [0.29, 0.717) is 24.5 Å². The highest BCUT2D eigenvalue weighted by Crippen LogP contribution is 2.25. The second kappa shape index (κ2) is 8.08. The zero-order valence-electron chi connectivity index (χ0n) is 17.4. The summed E-state index contributed by atoms with van der Waals surface area (Å²) in [4.78, 5) is 0. The maximum absolute atomic E-state index is 13.2. The van der Waals surface area contributed by atoms with E-state index in [9.17, 15) is 8.42 Å². The molecule has 0 spiro atoms. The smallest absolute Gasteiger partial charge is 0.254 e. The van der Waals surface area contributed by atoms with Crippen molar-refractivity contribution in [3.8, 4) is 5.69 Å². The molecule has 1 heterocycles. The second-order valence-electron chi connectivity index (χ2n) is 8.31. The van der Waals surface area contributed by atoms with Crippen molar-refractivity contribution in [1.29, 1.82) is 0 Å². The van der Waals surface area contributed by atoms with E-state index < -0.39 is 9.84 Å². The van der Waals surface area contributed by atoms with Crippen LogP contribution in [0.4, 0.5) is 0 Å². The predicted octanol–water partition coefficient (Wildman–Crippen LogP) is 3.35. The molecule has 0 aliphatic rings. The standard InChI is InChI=1S/C22H28N4O2S/c1-16-5-11-19(12-6-16)26-20(13-14-23)24-25-21(26)29(27,28)15-17-7-9-18(10-8-17)22(2,3)4/h5-12H,13-15,23H2,1-4H3. The van der Waals surface area contributed by atoms with E-state index in [-0.39, 0.29) is 16.3 Å². The highest BCUT2D eigenvalue weighted by atomic mass is 32.2. The Bertz CT molecular complexity index is 1080. The SMILES string of the molecule is Cc1ccc(-n2c(CCN)nnc2S(=O)(=O)Cc2ccc(C(C)(C)C)cc2)cc1. The van der Waals surface area contributed by atoms with Gasteiger partial charge in [0.15, 0.2) is 0 Å².